The molecule has 2 aliphatic rings. The van der Waals surface area contributed by atoms with Gasteiger partial charge >= 0.3 is 6.03 Å². The summed E-state index contributed by atoms with van der Waals surface area (Å²) in [6, 6.07) is 3.62. The first-order valence-corrected chi connectivity index (χ1v) is 8.87. The lowest BCUT2D eigenvalue weighted by atomic mass is 10.0. The molecule has 1 aromatic heterocycles. The number of rotatable bonds is 4. The first-order valence-electron chi connectivity index (χ1n) is 8.87. The van der Waals surface area contributed by atoms with E-state index in [1.54, 1.807) is 12.3 Å². The number of nitrogens with two attached hydrogens (primary N) is 1. The largest absolute Gasteiger partial charge is 0.465 e. The normalized spacial score (nSPS) is 26.6. The van der Waals surface area contributed by atoms with E-state index in [1.165, 1.54) is 12.8 Å². The Hall–Kier alpha value is -2.43. The second-order valence-electron chi connectivity index (χ2n) is 7.36. The van der Waals surface area contributed by atoms with Gasteiger partial charge in [0.15, 0.2) is 0 Å². The molecular weight excluding hydrogens is 314 g/mol. The molecule has 1 saturated heterocycles. The number of furan rings is 1. The van der Waals surface area contributed by atoms with Gasteiger partial charge in [0.25, 0.3) is 0 Å². The fourth-order valence-corrected chi connectivity index (χ4v) is 3.95. The lowest BCUT2D eigenvalue weighted by Gasteiger charge is -2.20. The number of carbonyl (C=O) groups excluding carboxylic acids is 1. The van der Waals surface area contributed by atoms with Crippen LogP contribution in [-0.2, 0) is 0 Å². The maximum Gasteiger partial charge on any atom is 0.321 e. The van der Waals surface area contributed by atoms with Gasteiger partial charge in [-0.2, -0.15) is 0 Å². The van der Waals surface area contributed by atoms with Crippen molar-refractivity contribution in [3.63, 3.8) is 0 Å². The summed E-state index contributed by atoms with van der Waals surface area (Å²) in [6.45, 7) is 9.81. The van der Waals surface area contributed by atoms with Crippen molar-refractivity contribution in [1.82, 2.24) is 10.2 Å². The number of hydrogen-bond donors (Lipinski definition) is 2. The monoisotopic (exact) mass is 341 g/mol. The van der Waals surface area contributed by atoms with E-state index >= 15 is 0 Å². The average molecular weight is 341 g/mol. The molecule has 1 aliphatic heterocycles. The predicted octanol–water partition coefficient (Wildman–Crippen LogP) is 3.73. The molecule has 3 rings (SSSR count). The molecule has 0 aromatic carbocycles. The zero-order valence-corrected chi connectivity index (χ0v) is 15.0. The Morgan fingerprint density at radius 1 is 1.36 bits per heavy atom. The highest BCUT2D eigenvalue weighted by Gasteiger charge is 2.40. The Labute approximate surface area is 149 Å². The van der Waals surface area contributed by atoms with Crippen molar-refractivity contribution < 1.29 is 9.21 Å². The third kappa shape index (κ3) is 3.98. The highest BCUT2D eigenvalue weighted by Crippen LogP contribution is 2.41. The van der Waals surface area contributed by atoms with Gasteiger partial charge in [-0.15, -0.1) is 0 Å². The van der Waals surface area contributed by atoms with Gasteiger partial charge in [0.1, 0.15) is 5.76 Å². The SMILES string of the molecule is C=C(NC(=O)N1CC2CC(C)CC2C1)/C(N)=C\C=C(/C)c1ccco1. The van der Waals surface area contributed by atoms with Crippen molar-refractivity contribution in [1.29, 1.82) is 0 Å². The van der Waals surface area contributed by atoms with Crippen LogP contribution in [0.4, 0.5) is 4.79 Å². The number of urea groups is 1. The first kappa shape index (κ1) is 17.4. The molecule has 0 radical (unpaired) electrons. The molecule has 0 spiro atoms. The summed E-state index contributed by atoms with van der Waals surface area (Å²) in [4.78, 5) is 14.3. The van der Waals surface area contributed by atoms with E-state index in [-0.39, 0.29) is 6.03 Å². The Kier molecular flexibility index (Phi) is 5.02. The molecule has 3 N–H and O–H groups in total. The van der Waals surface area contributed by atoms with Gasteiger partial charge in [0, 0.05) is 13.1 Å². The fraction of sp³-hybridized carbons (Fsp3) is 0.450. The number of likely N-dealkylation sites (tertiary alicyclic amines) is 1. The number of nitrogens with one attached hydrogen (secondary N) is 1. The van der Waals surface area contributed by atoms with Gasteiger partial charge in [-0.1, -0.05) is 19.6 Å². The van der Waals surface area contributed by atoms with Crippen molar-refractivity contribution in [2.45, 2.75) is 26.7 Å². The molecule has 1 aliphatic carbocycles. The molecule has 2 fully saturated rings. The van der Waals surface area contributed by atoms with Crippen LogP contribution in [0.15, 0.2) is 52.9 Å². The van der Waals surface area contributed by atoms with Crippen LogP contribution in [0.5, 0.6) is 0 Å². The van der Waals surface area contributed by atoms with Gasteiger partial charge in [-0.25, -0.2) is 4.79 Å². The summed E-state index contributed by atoms with van der Waals surface area (Å²) < 4.78 is 5.33. The predicted molar refractivity (Wildman–Crippen MR) is 99.3 cm³/mol. The Morgan fingerprint density at radius 3 is 2.64 bits per heavy atom. The molecule has 134 valence electrons. The summed E-state index contributed by atoms with van der Waals surface area (Å²) in [5.74, 6) is 2.89. The van der Waals surface area contributed by atoms with Gasteiger partial charge in [0.2, 0.25) is 0 Å². The van der Waals surface area contributed by atoms with Crippen molar-refractivity contribution in [3.05, 3.63) is 54.3 Å². The third-order valence-electron chi connectivity index (χ3n) is 5.30. The standard InChI is InChI=1S/C20H27N3O2/c1-13-9-16-11-23(12-17(16)10-13)20(24)22-15(3)18(21)7-6-14(2)19-5-4-8-25-19/h4-8,13,16-17H,3,9-12,21H2,1-2H3,(H,22,24)/b14-6+,18-7+. The molecule has 2 atom stereocenters. The van der Waals surface area contributed by atoms with E-state index in [0.29, 0.717) is 23.2 Å². The van der Waals surface area contributed by atoms with E-state index in [4.69, 9.17) is 10.2 Å². The summed E-state index contributed by atoms with van der Waals surface area (Å²) >= 11 is 0. The number of hydrogen-bond acceptors (Lipinski definition) is 3. The van der Waals surface area contributed by atoms with E-state index < -0.39 is 0 Å². The number of fused-ring (bicyclic) bond motifs is 1. The third-order valence-corrected chi connectivity index (χ3v) is 5.30. The van der Waals surface area contributed by atoms with Crippen LogP contribution >= 0.6 is 0 Å². The van der Waals surface area contributed by atoms with Crippen LogP contribution in [0.1, 0.15) is 32.4 Å². The van der Waals surface area contributed by atoms with Crippen molar-refractivity contribution in [3.8, 4) is 0 Å². The van der Waals surface area contributed by atoms with Crippen molar-refractivity contribution in [2.24, 2.45) is 23.5 Å². The second kappa shape index (κ2) is 7.21. The van der Waals surface area contributed by atoms with Crippen LogP contribution in [0.3, 0.4) is 0 Å². The summed E-state index contributed by atoms with van der Waals surface area (Å²) in [5, 5.41) is 2.83. The number of carbonyl (C=O) groups is 1. The minimum absolute atomic E-state index is 0.102. The van der Waals surface area contributed by atoms with Gasteiger partial charge in [0.05, 0.1) is 17.7 Å². The minimum atomic E-state index is -0.102. The average Bonchev–Trinajstić information content (AvgIpc) is 3.27. The lowest BCUT2D eigenvalue weighted by molar-refractivity contribution is 0.207. The minimum Gasteiger partial charge on any atom is -0.465 e. The molecule has 2 amide bonds. The lowest BCUT2D eigenvalue weighted by Crippen LogP contribution is -2.39. The molecule has 0 bridgehead atoms. The van der Waals surface area contributed by atoms with Gasteiger partial charge < -0.3 is 20.4 Å². The Morgan fingerprint density at radius 2 is 2.04 bits per heavy atom. The molecule has 2 unspecified atom stereocenters. The quantitative estimate of drug-likeness (QED) is 0.820. The fourth-order valence-electron chi connectivity index (χ4n) is 3.95. The number of amides is 2. The molecule has 5 nitrogen and oxygen atoms in total. The highest BCUT2D eigenvalue weighted by molar-refractivity contribution is 5.77. The van der Waals surface area contributed by atoms with Gasteiger partial charge in [-0.05, 0) is 61.3 Å². The molecule has 2 heterocycles. The van der Waals surface area contributed by atoms with Crippen LogP contribution in [0.2, 0.25) is 0 Å². The van der Waals surface area contributed by atoms with E-state index in [1.807, 2.05) is 30.0 Å². The maximum absolute atomic E-state index is 12.4. The van der Waals surface area contributed by atoms with E-state index in [2.05, 4.69) is 18.8 Å². The van der Waals surface area contributed by atoms with Crippen LogP contribution < -0.4 is 11.1 Å². The van der Waals surface area contributed by atoms with E-state index in [9.17, 15) is 4.79 Å². The summed E-state index contributed by atoms with van der Waals surface area (Å²) in [6.07, 6.45) is 7.68. The van der Waals surface area contributed by atoms with Crippen molar-refractivity contribution in [2.75, 3.05) is 13.1 Å². The van der Waals surface area contributed by atoms with Crippen molar-refractivity contribution >= 4 is 11.6 Å². The zero-order valence-electron chi connectivity index (χ0n) is 15.0. The molecule has 1 saturated carbocycles. The summed E-state index contributed by atoms with van der Waals surface area (Å²) in [5.41, 5.74) is 7.85. The first-order chi connectivity index (χ1) is 11.9. The maximum atomic E-state index is 12.4. The van der Waals surface area contributed by atoms with Gasteiger partial charge in [-0.3, -0.25) is 0 Å². The number of nitrogens with zero attached hydrogens (tertiary/aromatic N) is 1. The summed E-state index contributed by atoms with van der Waals surface area (Å²) in [7, 11) is 0. The molecule has 5 heteroatoms. The smallest absolute Gasteiger partial charge is 0.321 e. The van der Waals surface area contributed by atoms with Crippen LogP contribution in [-0.4, -0.2) is 24.0 Å². The van der Waals surface area contributed by atoms with E-state index in [0.717, 1.165) is 30.3 Å². The Bertz CT molecular complexity index is 689. The molecular formula is C20H27N3O2. The van der Waals surface area contributed by atoms with Crippen LogP contribution in [0, 0.1) is 17.8 Å². The number of allylic oxidation sites excluding steroid dienone is 3. The topological polar surface area (TPSA) is 71.5 Å². The molecule has 1 aromatic rings. The Balaban J connectivity index is 1.54. The zero-order chi connectivity index (χ0) is 18.0. The molecule has 25 heavy (non-hydrogen) atoms. The highest BCUT2D eigenvalue weighted by atomic mass is 16.3. The second-order valence-corrected chi connectivity index (χ2v) is 7.36. The van der Waals surface area contributed by atoms with Crippen LogP contribution in [0.25, 0.3) is 5.57 Å².